The van der Waals surface area contributed by atoms with Crippen LogP contribution in [0, 0.1) is 17.2 Å². The van der Waals surface area contributed by atoms with Gasteiger partial charge in [0.1, 0.15) is 5.54 Å². The minimum Gasteiger partial charge on any atom is -0.338 e. The zero-order chi connectivity index (χ0) is 33.1. The third-order valence-corrected chi connectivity index (χ3v) is 8.20. The van der Waals surface area contributed by atoms with E-state index in [1.165, 1.54) is 34.3 Å². The minimum atomic E-state index is -4.79. The topological polar surface area (TPSA) is 102 Å². The van der Waals surface area contributed by atoms with Gasteiger partial charge < -0.3 is 10.2 Å². The van der Waals surface area contributed by atoms with Crippen LogP contribution in [0.4, 0.5) is 13.2 Å². The first-order valence-electron chi connectivity index (χ1n) is 15.2. The molecule has 4 rings (SSSR count). The molecule has 1 unspecified atom stereocenters. The van der Waals surface area contributed by atoms with Crippen LogP contribution in [-0.2, 0) is 24.1 Å². The van der Waals surface area contributed by atoms with E-state index < -0.39 is 40.7 Å². The van der Waals surface area contributed by atoms with E-state index >= 15 is 0 Å². The average Bonchev–Trinajstić information content (AvgIpc) is 3.52. The summed E-state index contributed by atoms with van der Waals surface area (Å²) in [5, 5.41) is 12.1. The number of nitrogens with one attached hydrogen (secondary N) is 2. The highest BCUT2D eigenvalue weighted by molar-refractivity contribution is 6.10. The molecule has 45 heavy (non-hydrogen) atoms. The van der Waals surface area contributed by atoms with Crippen LogP contribution in [-0.4, -0.2) is 43.1 Å². The van der Waals surface area contributed by atoms with Gasteiger partial charge in [0.25, 0.3) is 11.8 Å². The third-order valence-electron chi connectivity index (χ3n) is 8.20. The van der Waals surface area contributed by atoms with E-state index in [9.17, 15) is 22.8 Å². The molecule has 2 atom stereocenters. The first-order chi connectivity index (χ1) is 21.2. The van der Waals surface area contributed by atoms with Gasteiger partial charge in [-0.3, -0.25) is 29.9 Å². The van der Waals surface area contributed by atoms with Crippen molar-refractivity contribution in [2.75, 3.05) is 0 Å². The maximum Gasteiger partial charge on any atom is 0.417 e. The lowest BCUT2D eigenvalue weighted by atomic mass is 9.82. The lowest BCUT2D eigenvalue weighted by Gasteiger charge is -2.32. The number of rotatable bonds is 11. The highest BCUT2D eigenvalue weighted by atomic mass is 19.4. The Hall–Kier alpha value is -4.28. The summed E-state index contributed by atoms with van der Waals surface area (Å²) in [6, 6.07) is 2.64. The maximum absolute atomic E-state index is 14.4. The molecule has 1 saturated heterocycles. The summed E-state index contributed by atoms with van der Waals surface area (Å²) >= 11 is 0. The molecular weight excluding hydrogens is 581 g/mol. The normalized spacial score (nSPS) is 19.3. The van der Waals surface area contributed by atoms with Crippen LogP contribution in [0.3, 0.4) is 0 Å². The molecule has 0 radical (unpaired) electrons. The Balaban J connectivity index is 1.78. The van der Waals surface area contributed by atoms with E-state index in [0.29, 0.717) is 41.8 Å². The van der Waals surface area contributed by atoms with E-state index in [0.717, 1.165) is 6.07 Å². The molecule has 2 amide bonds. The number of aromatic nitrogens is 2. The van der Waals surface area contributed by atoms with Crippen molar-refractivity contribution in [3.05, 3.63) is 95.1 Å². The predicted molar refractivity (Wildman–Crippen MR) is 167 cm³/mol. The number of amides is 2. The van der Waals surface area contributed by atoms with Crippen LogP contribution < -0.4 is 5.32 Å². The number of alkyl halides is 3. The van der Waals surface area contributed by atoms with Gasteiger partial charge in [-0.2, -0.15) is 13.2 Å². The standard InChI is InChI=1S/C34H41F3N6O2/c1-7-8-9-10-23(6)33(14-13-21(2)3)31(45)43(32(38)41-33)29(17-22(4)5)24-11-12-26(34(35,36)37)25(18-24)30(44)42-19-27-28(20-42)40-16-15-39-27/h7-12,15-16,18,21-22,29H,6,13-14,17,19-20H2,1-5H3,(H2,38,41)/b8-7-,10-9-/t29?,33-/m1/s1. The zero-order valence-corrected chi connectivity index (χ0v) is 26.4. The van der Waals surface area contributed by atoms with Gasteiger partial charge in [-0.25, -0.2) is 0 Å². The maximum atomic E-state index is 14.4. The summed E-state index contributed by atoms with van der Waals surface area (Å²) in [6.45, 7) is 14.1. The molecule has 0 saturated carbocycles. The van der Waals surface area contributed by atoms with Crippen molar-refractivity contribution >= 4 is 17.8 Å². The third kappa shape index (κ3) is 7.02. The fourth-order valence-electron chi connectivity index (χ4n) is 5.82. The van der Waals surface area contributed by atoms with Crippen molar-refractivity contribution in [2.24, 2.45) is 11.8 Å². The number of fused-ring (bicyclic) bond motifs is 1. The monoisotopic (exact) mass is 622 g/mol. The van der Waals surface area contributed by atoms with E-state index in [4.69, 9.17) is 5.41 Å². The summed E-state index contributed by atoms with van der Waals surface area (Å²) < 4.78 is 42.8. The second-order valence-corrected chi connectivity index (χ2v) is 12.5. The van der Waals surface area contributed by atoms with E-state index in [1.807, 2.05) is 46.8 Å². The molecule has 1 aromatic heterocycles. The number of benzene rings is 1. The van der Waals surface area contributed by atoms with Crippen molar-refractivity contribution in [2.45, 2.75) is 84.7 Å². The van der Waals surface area contributed by atoms with Crippen LogP contribution in [0.5, 0.6) is 0 Å². The summed E-state index contributed by atoms with van der Waals surface area (Å²) in [4.78, 5) is 39.2. The number of halogens is 3. The smallest absolute Gasteiger partial charge is 0.338 e. The van der Waals surface area contributed by atoms with Gasteiger partial charge >= 0.3 is 6.18 Å². The van der Waals surface area contributed by atoms with Crippen LogP contribution in [0.2, 0.25) is 0 Å². The van der Waals surface area contributed by atoms with Gasteiger partial charge in [0.2, 0.25) is 0 Å². The second kappa shape index (κ2) is 13.4. The van der Waals surface area contributed by atoms with Gasteiger partial charge in [-0.1, -0.05) is 64.6 Å². The Bertz CT molecular complexity index is 1510. The first kappa shape index (κ1) is 33.6. The number of nitrogens with zero attached hydrogens (tertiary/aromatic N) is 4. The van der Waals surface area contributed by atoms with Gasteiger partial charge in [-0.15, -0.1) is 0 Å². The van der Waals surface area contributed by atoms with Crippen molar-refractivity contribution in [3.8, 4) is 0 Å². The fourth-order valence-corrected chi connectivity index (χ4v) is 5.82. The predicted octanol–water partition coefficient (Wildman–Crippen LogP) is 6.97. The molecule has 2 aromatic rings. The van der Waals surface area contributed by atoms with E-state index in [2.05, 4.69) is 21.9 Å². The fraction of sp³-hybridized carbons (Fsp3) is 0.441. The van der Waals surface area contributed by atoms with Crippen molar-refractivity contribution < 1.29 is 22.8 Å². The molecule has 1 aromatic carbocycles. The van der Waals surface area contributed by atoms with Gasteiger partial charge in [0.15, 0.2) is 5.96 Å². The Morgan fingerprint density at radius 3 is 2.31 bits per heavy atom. The molecule has 0 aliphatic carbocycles. The van der Waals surface area contributed by atoms with Crippen molar-refractivity contribution in [3.63, 3.8) is 0 Å². The highest BCUT2D eigenvalue weighted by Gasteiger charge is 2.53. The molecule has 2 aliphatic heterocycles. The lowest BCUT2D eigenvalue weighted by Crippen LogP contribution is -2.48. The first-order valence-corrected chi connectivity index (χ1v) is 15.2. The average molecular weight is 623 g/mol. The molecular formula is C34H41F3N6O2. The quantitative estimate of drug-likeness (QED) is 0.264. The number of allylic oxidation sites excluding steroid dienone is 3. The Morgan fingerprint density at radius 1 is 1.11 bits per heavy atom. The summed E-state index contributed by atoms with van der Waals surface area (Å²) in [5.74, 6) is -1.08. The second-order valence-electron chi connectivity index (χ2n) is 12.5. The number of carbonyl (C=O) groups is 2. The molecule has 3 heterocycles. The minimum absolute atomic E-state index is 0.00530. The molecule has 0 bridgehead atoms. The largest absolute Gasteiger partial charge is 0.417 e. The molecule has 2 N–H and O–H groups in total. The molecule has 11 heteroatoms. The number of hydrogen-bond acceptors (Lipinski definition) is 5. The Labute approximate surface area is 262 Å². The number of hydrogen-bond donors (Lipinski definition) is 2. The van der Waals surface area contributed by atoms with Crippen LogP contribution in [0.15, 0.2) is 67.0 Å². The Morgan fingerprint density at radius 2 is 1.76 bits per heavy atom. The lowest BCUT2D eigenvalue weighted by molar-refractivity contribution is -0.138. The SMILES string of the molecule is C=C(/C=C\C=C/C)[C@@]1(CCC(C)C)NC(=N)N(C(CC(C)C)c2ccc(C(F)(F)F)c(C(=O)N3Cc4nccnc4C3)c2)C1=O. The zero-order valence-electron chi connectivity index (χ0n) is 26.4. The summed E-state index contributed by atoms with van der Waals surface area (Å²) in [6.07, 6.45) is 6.75. The molecule has 8 nitrogen and oxygen atoms in total. The molecule has 1 fully saturated rings. The van der Waals surface area contributed by atoms with Crippen LogP contribution >= 0.6 is 0 Å². The number of guanidine groups is 1. The highest BCUT2D eigenvalue weighted by Crippen LogP contribution is 2.41. The molecule has 0 spiro atoms. The Kier molecular flexibility index (Phi) is 9.99. The van der Waals surface area contributed by atoms with Gasteiger partial charge in [0, 0.05) is 12.4 Å². The van der Waals surface area contributed by atoms with E-state index in [1.54, 1.807) is 12.2 Å². The van der Waals surface area contributed by atoms with Crippen LogP contribution in [0.25, 0.3) is 0 Å². The summed E-state index contributed by atoms with van der Waals surface area (Å²) in [7, 11) is 0. The van der Waals surface area contributed by atoms with Gasteiger partial charge in [-0.05, 0) is 61.3 Å². The van der Waals surface area contributed by atoms with Crippen LogP contribution in [0.1, 0.15) is 92.8 Å². The van der Waals surface area contributed by atoms with Crippen molar-refractivity contribution in [1.29, 1.82) is 5.41 Å². The summed E-state index contributed by atoms with van der Waals surface area (Å²) in [5.41, 5.74) is -0.971. The molecule has 240 valence electrons. The van der Waals surface area contributed by atoms with E-state index in [-0.39, 0.29) is 30.9 Å². The van der Waals surface area contributed by atoms with Crippen molar-refractivity contribution in [1.82, 2.24) is 25.1 Å². The number of carbonyl (C=O) groups excluding carboxylic acids is 2. The van der Waals surface area contributed by atoms with Gasteiger partial charge in [0.05, 0.1) is 41.6 Å². The molecule has 2 aliphatic rings.